The summed E-state index contributed by atoms with van der Waals surface area (Å²) in [5.41, 5.74) is 6.33. The van der Waals surface area contributed by atoms with E-state index in [4.69, 9.17) is 0 Å². The van der Waals surface area contributed by atoms with E-state index in [2.05, 4.69) is 427 Å². The smallest absolute Gasteiger partial charge is 0.258 e. The number of hydrogen-bond donors (Lipinski definition) is 0. The van der Waals surface area contributed by atoms with Crippen LogP contribution in [0.1, 0.15) is 186 Å². The summed E-state index contributed by atoms with van der Waals surface area (Å²) in [5, 5.41) is 0. The maximum Gasteiger partial charge on any atom is 0.258 e. The van der Waals surface area contributed by atoms with E-state index in [0.717, 1.165) is 44.1 Å². The molecule has 0 saturated carbocycles. The summed E-state index contributed by atoms with van der Waals surface area (Å²) in [4.78, 5) is 10.7. The Balaban J connectivity index is 0.000000290. The van der Waals surface area contributed by atoms with Crippen LogP contribution in [0.3, 0.4) is 0 Å². The number of carbonyl (C=O) groups is 1. The Bertz CT molecular complexity index is 5410. The van der Waals surface area contributed by atoms with Gasteiger partial charge in [0.1, 0.15) is 162 Å². The van der Waals surface area contributed by atoms with E-state index in [0.29, 0.717) is 12.6 Å². The van der Waals surface area contributed by atoms with Gasteiger partial charge in [0.05, 0.1) is 123 Å². The van der Waals surface area contributed by atoms with Crippen LogP contribution in [0, 0.1) is 83.1 Å². The van der Waals surface area contributed by atoms with Gasteiger partial charge in [0.15, 0.2) is 5.78 Å². The average Bonchev–Trinajstić information content (AvgIpc) is 1.71. The first kappa shape index (κ1) is 105. The van der Waals surface area contributed by atoms with Crippen LogP contribution in [0.5, 0.6) is 0 Å². The van der Waals surface area contributed by atoms with E-state index in [1.54, 1.807) is 13.1 Å². The number of unbranched alkanes of at least 4 members (excludes halogenated alkanes) is 4. The monoisotopic (exact) mass is 1710 g/mol. The normalized spacial score (nSPS) is 10.3. The van der Waals surface area contributed by atoms with E-state index >= 15 is 0 Å². The molecule has 0 atom stereocenters. The van der Waals surface area contributed by atoms with Crippen LogP contribution < -0.4 is 50.2 Å². The average molecular weight is 1710 g/mol. The molecule has 3 aromatic carbocycles. The molecule has 676 valence electrons. The van der Waals surface area contributed by atoms with Crippen LogP contribution in [0.4, 0.5) is 0 Å². The summed E-state index contributed by atoms with van der Waals surface area (Å²) in [6.07, 6.45) is 58.3. The number of ketones is 1. The minimum atomic E-state index is 0.185. The van der Waals surface area contributed by atoms with Crippen molar-refractivity contribution in [2.45, 2.75) is 228 Å². The highest BCUT2D eigenvalue weighted by atomic mass is 16.1. The van der Waals surface area contributed by atoms with Crippen molar-refractivity contribution in [1.29, 1.82) is 0 Å². The number of imidazole rings is 11. The first-order valence-corrected chi connectivity index (χ1v) is 44.5. The molecular formula is C102H163N22O+11. The number of carbonyl (C=O) groups excluding carboxylic acids is 1. The van der Waals surface area contributed by atoms with Gasteiger partial charge in [0, 0.05) is 76.2 Å². The minimum Gasteiger partial charge on any atom is -0.296 e. The summed E-state index contributed by atoms with van der Waals surface area (Å²) in [5.74, 6) is 14.1. The van der Waals surface area contributed by atoms with Crippen molar-refractivity contribution < 1.29 is 55.0 Å². The molecule has 0 spiro atoms. The number of benzene rings is 3. The van der Waals surface area contributed by atoms with Crippen LogP contribution in [0.25, 0.3) is 18.0 Å². The summed E-state index contributed by atoms with van der Waals surface area (Å²) in [6.45, 7) is 54.4. The summed E-state index contributed by atoms with van der Waals surface area (Å²) in [7, 11) is 24.6. The van der Waals surface area contributed by atoms with Gasteiger partial charge in [-0.15, -0.1) is 0 Å². The predicted molar refractivity (Wildman–Crippen MR) is 504 cm³/mol. The van der Waals surface area contributed by atoms with Gasteiger partial charge in [0.2, 0.25) is 0 Å². The molecule has 0 aliphatic heterocycles. The highest BCUT2D eigenvalue weighted by Crippen LogP contribution is 2.13. The Kier molecular flexibility index (Phi) is 46.1. The van der Waals surface area contributed by atoms with Crippen molar-refractivity contribution in [3.63, 3.8) is 0 Å². The van der Waals surface area contributed by atoms with Crippen molar-refractivity contribution in [3.8, 4) is 5.69 Å². The topological polar surface area (TPSA) is 114 Å². The predicted octanol–water partition coefficient (Wildman–Crippen LogP) is 13.5. The zero-order valence-corrected chi connectivity index (χ0v) is 83.0. The van der Waals surface area contributed by atoms with E-state index in [-0.39, 0.29) is 5.78 Å². The highest BCUT2D eigenvalue weighted by Gasteiger charge is 2.17. The molecule has 0 fully saturated rings. The Morgan fingerprint density at radius 1 is 0.352 bits per heavy atom. The third kappa shape index (κ3) is 34.6. The van der Waals surface area contributed by atoms with E-state index in [9.17, 15) is 4.79 Å². The Morgan fingerprint density at radius 3 is 1.02 bits per heavy atom. The van der Waals surface area contributed by atoms with Crippen LogP contribution in [-0.2, 0) is 135 Å². The first-order chi connectivity index (χ1) is 59.4. The molecule has 0 aliphatic carbocycles. The molecule has 11 heterocycles. The molecule has 0 amide bonds. The lowest BCUT2D eigenvalue weighted by Gasteiger charge is -2.00. The molecule has 0 saturated heterocycles. The quantitative estimate of drug-likeness (QED) is 0.0518. The second kappa shape index (κ2) is 54.7. The van der Waals surface area contributed by atoms with E-state index < -0.39 is 0 Å². The van der Waals surface area contributed by atoms with Crippen molar-refractivity contribution in [1.82, 2.24) is 50.2 Å². The fourth-order valence-electron chi connectivity index (χ4n) is 13.1. The zero-order valence-electron chi connectivity index (χ0n) is 83.0. The number of Topliss-reactive ketones (excluding diaryl/α,β-unsaturated/α-hetero) is 1. The molecule has 0 unspecified atom stereocenters. The van der Waals surface area contributed by atoms with Gasteiger partial charge in [-0.2, -0.15) is 0 Å². The lowest BCUT2D eigenvalue weighted by molar-refractivity contribution is -0.677. The molecular weight excluding hydrogens is 1550 g/mol. The largest absolute Gasteiger partial charge is 0.296 e. The Labute approximate surface area is 752 Å². The van der Waals surface area contributed by atoms with Crippen molar-refractivity contribution in [2.24, 2.45) is 84.6 Å². The highest BCUT2D eigenvalue weighted by molar-refractivity contribution is 5.75. The van der Waals surface area contributed by atoms with Crippen molar-refractivity contribution in [3.05, 3.63) is 315 Å². The Morgan fingerprint density at radius 2 is 0.720 bits per heavy atom. The van der Waals surface area contributed by atoms with E-state index in [1.165, 1.54) is 132 Å². The molecule has 23 nitrogen and oxygen atoms in total. The summed E-state index contributed by atoms with van der Waals surface area (Å²) < 4.78 is 47.2. The minimum absolute atomic E-state index is 0.185. The van der Waals surface area contributed by atoms with Gasteiger partial charge in [0.25, 0.3) is 64.1 Å². The number of aryl methyl sites for hydroxylation is 17. The lowest BCUT2D eigenvalue weighted by atomic mass is 10.1. The third-order valence-corrected chi connectivity index (χ3v) is 23.3. The van der Waals surface area contributed by atoms with E-state index in [1.807, 2.05) is 117 Å². The third-order valence-electron chi connectivity index (χ3n) is 23.3. The zero-order chi connectivity index (χ0) is 93.2. The molecule has 125 heavy (non-hydrogen) atoms. The van der Waals surface area contributed by atoms with Gasteiger partial charge >= 0.3 is 0 Å². The van der Waals surface area contributed by atoms with Gasteiger partial charge in [-0.05, 0) is 89.1 Å². The molecule has 0 radical (unpaired) electrons. The molecule has 11 aromatic heterocycles. The molecule has 23 heteroatoms. The number of aromatic nitrogens is 22. The maximum atomic E-state index is 10.7. The second-order valence-electron chi connectivity index (χ2n) is 32.7. The molecule has 0 aliphatic rings. The van der Waals surface area contributed by atoms with Crippen molar-refractivity contribution >= 4 is 18.1 Å². The standard InChI is InChI=1S/C13H17N2.C13H15N2.C12H15N2.C11H21N2.C9H17N2.C8H13N2O.2C8H15N2.C7H13N2.C7H11N2.C6H11N2/c1-11-4-6-13(7-5-11)10-15-9-8-14(3)12(15)2;1-4-12-5-7-13(8-6-12)15-10-9-14(3)11(15)2;1-11-13(2)8-9-14(11)10-12-6-4-3-5-7-12;1-4-5-6-7-8-13-10-9-12(3)11(13)2;1-4-5-6-11-8-7-10(3)9(11)2;1-7(11)6-10-5-4-9(3)8(10)2;1-7(2)10-6-5-9(4)8(10)3;1-4-5-10-7-6-9(3)8(10)2;2*1-4-9-6-5-8(3)7(9)2;1-6-7(2)4-5-8(6)3/h4-9H,10H2,1-3H3;4-10H,1H2,2-3H3;3-9H,10H2,1-2H3;9-10H,4-8H2,1-3H3;7-8H,4-6H2,1-3H3;4-5H,6H2,1-3H3;5-7H,1-4H3;6-7H,4-5H2,1-3H3;5-6H,4H2,1-3H3;4-6H,1H2,2-3H3;4-5H,1-3H3/q11*+1. The summed E-state index contributed by atoms with van der Waals surface area (Å²) >= 11 is 0. The van der Waals surface area contributed by atoms with Crippen LogP contribution in [-0.4, -0.2) is 56.0 Å². The molecule has 14 rings (SSSR count). The fourth-order valence-corrected chi connectivity index (χ4v) is 13.1. The second-order valence-corrected chi connectivity index (χ2v) is 32.7. The first-order valence-electron chi connectivity index (χ1n) is 44.5. The molecule has 0 bridgehead atoms. The number of rotatable bonds is 21. The van der Waals surface area contributed by atoms with Crippen LogP contribution >= 0.6 is 0 Å². The number of hydrogen-bond acceptors (Lipinski definition) is 1. The van der Waals surface area contributed by atoms with Gasteiger partial charge in [-0.3, -0.25) is 4.79 Å². The van der Waals surface area contributed by atoms with Gasteiger partial charge < -0.3 is 0 Å². The molecule has 0 N–H and O–H groups in total. The lowest BCUT2D eigenvalue weighted by Crippen LogP contribution is -2.30. The van der Waals surface area contributed by atoms with Crippen molar-refractivity contribution in [2.75, 3.05) is 0 Å². The number of nitrogens with zero attached hydrogens (tertiary/aromatic N) is 22. The van der Waals surface area contributed by atoms with Crippen LogP contribution in [0.15, 0.2) is 228 Å². The van der Waals surface area contributed by atoms with Crippen LogP contribution in [0.2, 0.25) is 0 Å². The SMILES string of the molecule is C=Cc1ccc(-n2cc[n+](C)c2C)cc1.C=Cn1cc[n+](C)c1C.CC(=O)Cn1cc[n+](C)c1C.CCCCCCn1cc[n+](C)c1C.CCCCn1cc[n+](C)c1C.CCCn1cc[n+](C)c1C.CCn1cc[n+](C)c1C.Cc1ccc(Cn2cc[n+](C)c2C)cc1.Cc1n(C(C)C)cc[n+]1C.Cc1n(C)cc[n+]1C.Cc1n(Cc2ccccc2)cc[n+]1C. The summed E-state index contributed by atoms with van der Waals surface area (Å²) in [6, 6.07) is 28.1. The fraction of sp³-hybridized carbons (Fsp3) is 0.451. The maximum absolute atomic E-state index is 10.7. The molecule has 14 aromatic rings. The Hall–Kier alpha value is -11.9. The van der Waals surface area contributed by atoms with Gasteiger partial charge in [-0.25, -0.2) is 100 Å². The van der Waals surface area contributed by atoms with Gasteiger partial charge in [-0.1, -0.05) is 132 Å².